The monoisotopic (exact) mass is 523 g/mol. The summed E-state index contributed by atoms with van der Waals surface area (Å²) in [5.41, 5.74) is 3.53. The molecule has 2 aliphatic heterocycles. The van der Waals surface area contributed by atoms with Crippen LogP contribution in [-0.4, -0.2) is 36.3 Å². The van der Waals surface area contributed by atoms with Gasteiger partial charge in [-0.05, 0) is 35.9 Å². The van der Waals surface area contributed by atoms with Crippen molar-refractivity contribution in [2.24, 2.45) is 0 Å². The Morgan fingerprint density at radius 1 is 1.00 bits per heavy atom. The van der Waals surface area contributed by atoms with Crippen LogP contribution in [0.3, 0.4) is 0 Å². The summed E-state index contributed by atoms with van der Waals surface area (Å²) < 4.78 is 30.3. The highest BCUT2D eigenvalue weighted by Crippen LogP contribution is 2.42. The zero-order valence-corrected chi connectivity index (χ0v) is 22.1. The fourth-order valence-electron chi connectivity index (χ4n) is 4.40. The molecule has 2 heterocycles. The van der Waals surface area contributed by atoms with Gasteiger partial charge in [0.05, 0.1) is 28.6 Å². The highest BCUT2D eigenvalue weighted by molar-refractivity contribution is 7.91. The predicted molar refractivity (Wildman–Crippen MR) is 144 cm³/mol. The van der Waals surface area contributed by atoms with Gasteiger partial charge in [-0.3, -0.25) is 4.79 Å². The lowest BCUT2D eigenvalue weighted by Gasteiger charge is -2.22. The molecule has 1 saturated heterocycles. The lowest BCUT2D eigenvalue weighted by atomic mass is 10.1. The minimum absolute atomic E-state index is 0.0315. The molecule has 0 bridgehead atoms. The van der Waals surface area contributed by atoms with Crippen molar-refractivity contribution in [3.05, 3.63) is 77.9 Å². The van der Waals surface area contributed by atoms with Gasteiger partial charge in [-0.1, -0.05) is 51.1 Å². The highest BCUT2D eigenvalue weighted by atomic mass is 32.2. The Morgan fingerprint density at radius 2 is 1.70 bits per heavy atom. The van der Waals surface area contributed by atoms with E-state index in [1.807, 2.05) is 56.3 Å². The van der Waals surface area contributed by atoms with Crippen LogP contribution in [0.15, 0.2) is 71.6 Å². The van der Waals surface area contributed by atoms with Gasteiger partial charge in [-0.25, -0.2) is 8.42 Å². The summed E-state index contributed by atoms with van der Waals surface area (Å²) >= 11 is 0. The van der Waals surface area contributed by atoms with Gasteiger partial charge in [-0.15, -0.1) is 0 Å². The first-order valence-corrected chi connectivity index (χ1v) is 14.2. The van der Waals surface area contributed by atoms with Crippen LogP contribution in [-0.2, 0) is 21.2 Å². The number of hydrogen-bond donors (Lipinski definition) is 3. The maximum absolute atomic E-state index is 12.3. The van der Waals surface area contributed by atoms with Gasteiger partial charge in [0.25, 0.3) is 0 Å². The van der Waals surface area contributed by atoms with Gasteiger partial charge >= 0.3 is 0 Å². The number of carbonyl (C=O) groups is 1. The largest absolute Gasteiger partial charge is 0.457 e. The summed E-state index contributed by atoms with van der Waals surface area (Å²) in [4.78, 5) is 14.1. The second kappa shape index (κ2) is 11.2. The van der Waals surface area contributed by atoms with Crippen LogP contribution < -0.4 is 15.4 Å². The van der Waals surface area contributed by atoms with Crippen molar-refractivity contribution < 1.29 is 23.1 Å². The summed E-state index contributed by atoms with van der Waals surface area (Å²) in [5.74, 6) is 0.975. The Kier molecular flexibility index (Phi) is 8.04. The van der Waals surface area contributed by atoms with Crippen LogP contribution in [0.2, 0.25) is 0 Å². The van der Waals surface area contributed by atoms with Gasteiger partial charge < -0.3 is 25.4 Å². The van der Waals surface area contributed by atoms with Crippen molar-refractivity contribution >= 4 is 27.1 Å². The molecule has 1 fully saturated rings. The molecule has 0 spiro atoms. The molecule has 0 radical (unpaired) electrons. The molecule has 5 rings (SSSR count). The van der Waals surface area contributed by atoms with Crippen molar-refractivity contribution in [1.82, 2.24) is 4.90 Å². The molecule has 2 aliphatic rings. The molecule has 0 saturated carbocycles. The third-order valence-electron chi connectivity index (χ3n) is 6.35. The fraction of sp³-hybridized carbons (Fsp3) is 0.321. The number of nitrogens with one attached hydrogen (secondary N) is 2. The zero-order valence-electron chi connectivity index (χ0n) is 21.3. The van der Waals surface area contributed by atoms with Crippen LogP contribution in [0.25, 0.3) is 0 Å². The number of likely N-dealkylation sites (tertiary alicyclic amines) is 1. The SMILES string of the molecule is CC.CCS(=O)(=O)c1ccc(Oc2cc(CN3C(=O)CCC3O)c3c(c2)NC(c2ccccc2)N3)cc1. The van der Waals surface area contributed by atoms with Gasteiger partial charge in [0, 0.05) is 24.5 Å². The van der Waals surface area contributed by atoms with Crippen LogP contribution in [0, 0.1) is 0 Å². The van der Waals surface area contributed by atoms with Crippen molar-refractivity contribution in [3.8, 4) is 11.5 Å². The molecule has 0 aliphatic carbocycles. The van der Waals surface area contributed by atoms with E-state index in [2.05, 4.69) is 10.6 Å². The standard InChI is InChI=1S/C26H27N3O5S.C2H6/c1-2-35(32,33)21-10-8-19(9-11-21)34-20-14-18(16-29-23(30)12-13-24(29)31)25-22(15-20)27-26(28-25)17-6-4-3-5-7-17;1-2/h3-11,14-15,23,26-28,30H,2,12-13,16H2,1H3;1-2H3. The molecule has 0 aromatic heterocycles. The van der Waals surface area contributed by atoms with E-state index in [0.717, 1.165) is 22.5 Å². The molecule has 3 N–H and O–H groups in total. The number of nitrogens with zero attached hydrogens (tertiary/aromatic N) is 1. The van der Waals surface area contributed by atoms with Crippen LogP contribution in [0.1, 0.15) is 50.9 Å². The van der Waals surface area contributed by atoms with Crippen molar-refractivity contribution in [2.75, 3.05) is 16.4 Å². The number of anilines is 2. The number of ether oxygens (including phenoxy) is 1. The number of sulfone groups is 1. The van der Waals surface area contributed by atoms with E-state index in [-0.39, 0.29) is 29.3 Å². The number of aliphatic hydroxyl groups excluding tert-OH is 1. The van der Waals surface area contributed by atoms with E-state index < -0.39 is 16.1 Å². The van der Waals surface area contributed by atoms with Crippen LogP contribution >= 0.6 is 0 Å². The second-order valence-corrected chi connectivity index (χ2v) is 10.9. The molecule has 9 heteroatoms. The van der Waals surface area contributed by atoms with Gasteiger partial charge in [0.2, 0.25) is 5.91 Å². The van der Waals surface area contributed by atoms with E-state index in [1.54, 1.807) is 19.1 Å². The highest BCUT2D eigenvalue weighted by Gasteiger charge is 2.32. The van der Waals surface area contributed by atoms with E-state index in [4.69, 9.17) is 4.74 Å². The zero-order chi connectivity index (χ0) is 26.6. The molecule has 196 valence electrons. The number of amides is 1. The molecular formula is C28H33N3O5S. The average Bonchev–Trinajstić information content (AvgIpc) is 3.49. The van der Waals surface area contributed by atoms with Gasteiger partial charge in [-0.2, -0.15) is 0 Å². The van der Waals surface area contributed by atoms with Gasteiger partial charge in [0.15, 0.2) is 9.84 Å². The van der Waals surface area contributed by atoms with Crippen LogP contribution in [0.4, 0.5) is 11.4 Å². The summed E-state index contributed by atoms with van der Waals surface area (Å²) in [6.45, 7) is 5.85. The summed E-state index contributed by atoms with van der Waals surface area (Å²) in [6.07, 6.45) is -0.221. The predicted octanol–water partition coefficient (Wildman–Crippen LogP) is 5.28. The number of benzene rings is 3. The molecule has 3 aromatic rings. The molecule has 2 unspecified atom stereocenters. The summed E-state index contributed by atoms with van der Waals surface area (Å²) in [7, 11) is -3.29. The van der Waals surface area contributed by atoms with Crippen molar-refractivity contribution in [3.63, 3.8) is 0 Å². The quantitative estimate of drug-likeness (QED) is 0.387. The minimum atomic E-state index is -3.29. The smallest absolute Gasteiger partial charge is 0.225 e. The van der Waals surface area contributed by atoms with E-state index >= 15 is 0 Å². The van der Waals surface area contributed by atoms with E-state index in [1.165, 1.54) is 17.0 Å². The first kappa shape index (κ1) is 26.5. The van der Waals surface area contributed by atoms with Gasteiger partial charge in [0.1, 0.15) is 23.9 Å². The number of fused-ring (bicyclic) bond motifs is 1. The number of carbonyl (C=O) groups excluding carboxylic acids is 1. The Labute approximate surface area is 218 Å². The lowest BCUT2D eigenvalue weighted by Crippen LogP contribution is -2.32. The third kappa shape index (κ3) is 5.73. The molecule has 8 nitrogen and oxygen atoms in total. The fourth-order valence-corrected chi connectivity index (χ4v) is 5.29. The molecule has 2 atom stereocenters. The maximum atomic E-state index is 12.3. The van der Waals surface area contributed by atoms with Crippen molar-refractivity contribution in [2.45, 2.75) is 57.4 Å². The van der Waals surface area contributed by atoms with Crippen molar-refractivity contribution in [1.29, 1.82) is 0 Å². The second-order valence-electron chi connectivity index (χ2n) is 8.66. The average molecular weight is 524 g/mol. The maximum Gasteiger partial charge on any atom is 0.225 e. The third-order valence-corrected chi connectivity index (χ3v) is 8.10. The Hall–Kier alpha value is -3.56. The first-order valence-electron chi connectivity index (χ1n) is 12.6. The van der Waals surface area contributed by atoms with Crippen LogP contribution in [0.5, 0.6) is 11.5 Å². The van der Waals surface area contributed by atoms with E-state index in [9.17, 15) is 18.3 Å². The number of hydrogen-bond acceptors (Lipinski definition) is 7. The number of rotatable bonds is 7. The normalized spacial score (nSPS) is 18.4. The minimum Gasteiger partial charge on any atom is -0.457 e. The molecule has 3 aromatic carbocycles. The number of aliphatic hydroxyl groups is 1. The van der Waals surface area contributed by atoms with E-state index in [0.29, 0.717) is 24.3 Å². The Balaban J connectivity index is 0.00000156. The first-order chi connectivity index (χ1) is 17.8. The summed E-state index contributed by atoms with van der Waals surface area (Å²) in [5, 5.41) is 17.3. The Morgan fingerprint density at radius 3 is 2.32 bits per heavy atom. The molecule has 1 amide bonds. The lowest BCUT2D eigenvalue weighted by molar-refractivity contribution is -0.133. The summed E-state index contributed by atoms with van der Waals surface area (Å²) in [6, 6.07) is 20.0. The topological polar surface area (TPSA) is 108 Å². The molecular weight excluding hydrogens is 490 g/mol. The Bertz CT molecular complexity index is 1340. The molecule has 37 heavy (non-hydrogen) atoms.